The first-order valence-corrected chi connectivity index (χ1v) is 9.08. The highest BCUT2D eigenvalue weighted by atomic mass is 16.5. The number of ether oxygens (including phenoxy) is 2. The van der Waals surface area contributed by atoms with Crippen LogP contribution in [0.4, 0.5) is 5.69 Å². The lowest BCUT2D eigenvalue weighted by molar-refractivity contribution is -0.143. The number of fused-ring (bicyclic) bond motifs is 1. The van der Waals surface area contributed by atoms with Gasteiger partial charge >= 0.3 is 5.97 Å². The molecule has 146 valence electrons. The maximum atomic E-state index is 11.2. The van der Waals surface area contributed by atoms with E-state index in [1.54, 1.807) is 0 Å². The highest BCUT2D eigenvalue weighted by Gasteiger charge is 2.35. The maximum Gasteiger partial charge on any atom is 0.308 e. The van der Waals surface area contributed by atoms with Gasteiger partial charge in [0.1, 0.15) is 11.4 Å². The van der Waals surface area contributed by atoms with Crippen LogP contribution in [-0.4, -0.2) is 41.1 Å². The zero-order valence-corrected chi connectivity index (χ0v) is 16.4. The fourth-order valence-corrected chi connectivity index (χ4v) is 3.61. The molecule has 0 aliphatic carbocycles. The molecule has 6 heteroatoms. The molecule has 2 unspecified atom stereocenters. The van der Waals surface area contributed by atoms with E-state index in [1.807, 2.05) is 13.8 Å². The molecular weight excluding hydrogens is 334 g/mol. The van der Waals surface area contributed by atoms with Gasteiger partial charge in [-0.2, -0.15) is 0 Å². The Labute approximate surface area is 155 Å². The molecule has 1 aliphatic rings. The van der Waals surface area contributed by atoms with E-state index < -0.39 is 18.2 Å². The van der Waals surface area contributed by atoms with E-state index in [9.17, 15) is 15.0 Å². The van der Waals surface area contributed by atoms with Crippen LogP contribution in [0.2, 0.25) is 0 Å². The predicted molar refractivity (Wildman–Crippen MR) is 100 cm³/mol. The van der Waals surface area contributed by atoms with Gasteiger partial charge in [0, 0.05) is 17.7 Å². The van der Waals surface area contributed by atoms with Crippen LogP contribution in [0.15, 0.2) is 0 Å². The Morgan fingerprint density at radius 2 is 1.92 bits per heavy atom. The Morgan fingerprint density at radius 3 is 2.54 bits per heavy atom. The number of anilines is 1. The maximum absolute atomic E-state index is 11.2. The first kappa shape index (κ1) is 20.5. The average molecular weight is 365 g/mol. The van der Waals surface area contributed by atoms with Crippen molar-refractivity contribution in [3.8, 4) is 5.75 Å². The summed E-state index contributed by atoms with van der Waals surface area (Å²) in [6, 6.07) is 0. The van der Waals surface area contributed by atoms with E-state index in [4.69, 9.17) is 10.5 Å². The van der Waals surface area contributed by atoms with Crippen molar-refractivity contribution in [2.75, 3.05) is 12.8 Å². The molecule has 0 saturated carbocycles. The van der Waals surface area contributed by atoms with Crippen LogP contribution in [0.1, 0.15) is 55.4 Å². The van der Waals surface area contributed by atoms with Crippen molar-refractivity contribution >= 4 is 11.7 Å². The number of nitrogens with two attached hydrogens (primary N) is 1. The molecule has 0 amide bonds. The van der Waals surface area contributed by atoms with Gasteiger partial charge in [-0.05, 0) is 63.6 Å². The lowest BCUT2D eigenvalue weighted by Gasteiger charge is -2.21. The van der Waals surface area contributed by atoms with Gasteiger partial charge in [0.2, 0.25) is 0 Å². The van der Waals surface area contributed by atoms with E-state index in [2.05, 4.69) is 18.6 Å². The van der Waals surface area contributed by atoms with Crippen LogP contribution < -0.4 is 10.5 Å². The first-order chi connectivity index (χ1) is 12.1. The highest BCUT2D eigenvalue weighted by molar-refractivity contribution is 5.69. The van der Waals surface area contributed by atoms with Crippen LogP contribution in [0.3, 0.4) is 0 Å². The van der Waals surface area contributed by atoms with Crippen LogP contribution in [0.25, 0.3) is 0 Å². The zero-order valence-electron chi connectivity index (χ0n) is 16.4. The minimum absolute atomic E-state index is 0.114. The van der Waals surface area contributed by atoms with Crippen LogP contribution in [0.5, 0.6) is 5.75 Å². The molecule has 0 saturated heterocycles. The number of aliphatic hydroxyl groups excluding tert-OH is 2. The van der Waals surface area contributed by atoms with Crippen LogP contribution in [0, 0.1) is 13.8 Å². The molecule has 0 aromatic heterocycles. The van der Waals surface area contributed by atoms with Gasteiger partial charge < -0.3 is 25.4 Å². The second-order valence-electron chi connectivity index (χ2n) is 7.85. The SMILES string of the molecule is COC(=O)CC(O)CC(O)CCc1c(C)c(N)c(C)c2c1OC(C)(C)C2. The molecule has 0 spiro atoms. The number of rotatable bonds is 7. The molecular formula is C20H31NO5. The van der Waals surface area contributed by atoms with E-state index >= 15 is 0 Å². The number of hydrogen-bond acceptors (Lipinski definition) is 6. The van der Waals surface area contributed by atoms with Gasteiger partial charge in [0.15, 0.2) is 0 Å². The van der Waals surface area contributed by atoms with Gasteiger partial charge in [0.25, 0.3) is 0 Å². The van der Waals surface area contributed by atoms with E-state index in [-0.39, 0.29) is 18.4 Å². The smallest absolute Gasteiger partial charge is 0.308 e. The minimum atomic E-state index is -0.914. The monoisotopic (exact) mass is 365 g/mol. The Bertz CT molecular complexity index is 684. The molecule has 0 bridgehead atoms. The molecule has 1 aromatic rings. The van der Waals surface area contributed by atoms with Crippen molar-refractivity contribution in [3.63, 3.8) is 0 Å². The molecule has 0 radical (unpaired) electrons. The van der Waals surface area contributed by atoms with Crippen LogP contribution in [-0.2, 0) is 22.4 Å². The van der Waals surface area contributed by atoms with Crippen molar-refractivity contribution in [1.82, 2.24) is 0 Å². The summed E-state index contributed by atoms with van der Waals surface area (Å²) < 4.78 is 10.7. The third-order valence-electron chi connectivity index (χ3n) is 5.14. The van der Waals surface area contributed by atoms with Crippen molar-refractivity contribution in [3.05, 3.63) is 22.3 Å². The summed E-state index contributed by atoms with van der Waals surface area (Å²) in [6.07, 6.45) is 0.245. The second kappa shape index (κ2) is 7.84. The quantitative estimate of drug-likeness (QED) is 0.506. The van der Waals surface area contributed by atoms with E-state index in [0.717, 1.165) is 40.1 Å². The van der Waals surface area contributed by atoms with Gasteiger partial charge in [-0.25, -0.2) is 0 Å². The van der Waals surface area contributed by atoms with Gasteiger partial charge in [-0.15, -0.1) is 0 Å². The second-order valence-corrected chi connectivity index (χ2v) is 7.85. The number of hydrogen-bond donors (Lipinski definition) is 3. The lowest BCUT2D eigenvalue weighted by Crippen LogP contribution is -2.25. The third-order valence-corrected chi connectivity index (χ3v) is 5.14. The summed E-state index contributed by atoms with van der Waals surface area (Å²) in [5.41, 5.74) is 11.0. The van der Waals surface area contributed by atoms with Crippen molar-refractivity contribution in [2.24, 2.45) is 0 Å². The number of carbonyl (C=O) groups excluding carboxylic acids is 1. The molecule has 26 heavy (non-hydrogen) atoms. The standard InChI is InChI=1S/C20H31NO5/c1-11-15(7-6-13(22)8-14(23)9-17(24)25-5)19-16(12(2)18(11)21)10-20(3,4)26-19/h13-14,22-23H,6-10,21H2,1-5H3. The lowest BCUT2D eigenvalue weighted by atomic mass is 9.90. The number of aliphatic hydroxyl groups is 2. The fourth-order valence-electron chi connectivity index (χ4n) is 3.61. The van der Waals surface area contributed by atoms with Crippen molar-refractivity contribution in [2.45, 2.75) is 77.6 Å². The minimum Gasteiger partial charge on any atom is -0.487 e. The number of esters is 1. The zero-order chi connectivity index (χ0) is 19.6. The number of methoxy groups -OCH3 is 1. The molecule has 1 aromatic carbocycles. The largest absolute Gasteiger partial charge is 0.487 e. The summed E-state index contributed by atoms with van der Waals surface area (Å²) in [5.74, 6) is 0.404. The molecule has 2 rings (SSSR count). The summed E-state index contributed by atoms with van der Waals surface area (Å²) in [7, 11) is 1.28. The predicted octanol–water partition coefficient (Wildman–Crippen LogP) is 2.21. The molecule has 1 heterocycles. The van der Waals surface area contributed by atoms with Gasteiger partial charge in [-0.3, -0.25) is 4.79 Å². The van der Waals surface area contributed by atoms with E-state index in [0.29, 0.717) is 12.8 Å². The van der Waals surface area contributed by atoms with Crippen molar-refractivity contribution in [1.29, 1.82) is 0 Å². The summed E-state index contributed by atoms with van der Waals surface area (Å²) in [4.78, 5) is 11.2. The Kier molecular flexibility index (Phi) is 6.19. The van der Waals surface area contributed by atoms with Gasteiger partial charge in [-0.1, -0.05) is 0 Å². The van der Waals surface area contributed by atoms with E-state index in [1.165, 1.54) is 7.11 Å². The number of nitrogen functional groups attached to an aromatic ring is 1. The number of carbonyl (C=O) groups is 1. The van der Waals surface area contributed by atoms with Gasteiger partial charge in [0.05, 0.1) is 25.7 Å². The number of benzene rings is 1. The average Bonchev–Trinajstić information content (AvgIpc) is 2.87. The Balaban J connectivity index is 2.10. The first-order valence-electron chi connectivity index (χ1n) is 9.08. The molecule has 1 aliphatic heterocycles. The Morgan fingerprint density at radius 1 is 1.27 bits per heavy atom. The van der Waals surface area contributed by atoms with Crippen LogP contribution >= 0.6 is 0 Å². The summed E-state index contributed by atoms with van der Waals surface area (Å²) in [5, 5.41) is 20.1. The molecule has 2 atom stereocenters. The summed E-state index contributed by atoms with van der Waals surface area (Å²) >= 11 is 0. The molecule has 0 fully saturated rings. The normalized spacial score (nSPS) is 17.3. The summed E-state index contributed by atoms with van der Waals surface area (Å²) in [6.45, 7) is 8.11. The fraction of sp³-hybridized carbons (Fsp3) is 0.650. The highest BCUT2D eigenvalue weighted by Crippen LogP contribution is 2.44. The van der Waals surface area contributed by atoms with Crippen molar-refractivity contribution < 1.29 is 24.5 Å². The third kappa shape index (κ3) is 4.48. The topological polar surface area (TPSA) is 102 Å². The molecule has 4 N–H and O–H groups in total. The Hall–Kier alpha value is -1.79. The molecule has 6 nitrogen and oxygen atoms in total.